The summed E-state index contributed by atoms with van der Waals surface area (Å²) in [5.74, 6) is -0.321. The van der Waals surface area contributed by atoms with Gasteiger partial charge in [0.05, 0.1) is 5.92 Å². The van der Waals surface area contributed by atoms with Gasteiger partial charge in [0.1, 0.15) is 0 Å². The Morgan fingerprint density at radius 2 is 1.92 bits per heavy atom. The van der Waals surface area contributed by atoms with Crippen molar-refractivity contribution in [1.29, 1.82) is 0 Å². The Bertz CT molecular complexity index is 624. The molecular formula is C21H28N2O2. The molecule has 1 unspecified atom stereocenters. The molecule has 1 atom stereocenters. The third-order valence-corrected chi connectivity index (χ3v) is 3.96. The lowest BCUT2D eigenvalue weighted by atomic mass is 9.96. The van der Waals surface area contributed by atoms with Gasteiger partial charge in [0.15, 0.2) is 0 Å². The summed E-state index contributed by atoms with van der Waals surface area (Å²) in [6.45, 7) is 12.1. The minimum Gasteiger partial charge on any atom is -0.338 e. The number of rotatable bonds is 7. The molecule has 1 heterocycles. The molecule has 0 aromatic carbocycles. The zero-order chi connectivity index (χ0) is 18.7. The van der Waals surface area contributed by atoms with Crippen LogP contribution in [-0.2, 0) is 9.59 Å². The van der Waals surface area contributed by atoms with E-state index in [0.717, 1.165) is 12.8 Å². The van der Waals surface area contributed by atoms with Gasteiger partial charge in [-0.3, -0.25) is 9.59 Å². The van der Waals surface area contributed by atoms with Gasteiger partial charge < -0.3 is 10.2 Å². The van der Waals surface area contributed by atoms with Crippen molar-refractivity contribution in [2.24, 2.45) is 5.92 Å². The Kier molecular flexibility index (Phi) is 9.01. The van der Waals surface area contributed by atoms with Crippen LogP contribution < -0.4 is 5.32 Å². The van der Waals surface area contributed by atoms with Crippen LogP contribution in [0, 0.1) is 5.92 Å². The van der Waals surface area contributed by atoms with Gasteiger partial charge in [0, 0.05) is 24.4 Å². The first-order valence-corrected chi connectivity index (χ1v) is 8.58. The van der Waals surface area contributed by atoms with E-state index < -0.39 is 0 Å². The van der Waals surface area contributed by atoms with Crippen LogP contribution in [0.2, 0.25) is 0 Å². The van der Waals surface area contributed by atoms with E-state index >= 15 is 0 Å². The molecule has 4 heteroatoms. The lowest BCUT2D eigenvalue weighted by Gasteiger charge is -2.32. The standard InChI is InChI=1S/C21H28N2O2/c1-5-9-13-17(8-4)21(25)23-15-10-14-18(16-23)20(24)22-19(11-6-2)12-7-3/h5-9,11-13,18H,1-2,10,14-16H2,3-4H3,(H,22,24)/b12-7-,13-9-,17-8+,19-11+. The molecule has 0 aromatic heterocycles. The first-order valence-electron chi connectivity index (χ1n) is 8.58. The fraction of sp³-hybridized carbons (Fsp3) is 0.333. The van der Waals surface area contributed by atoms with Crippen molar-refractivity contribution in [2.45, 2.75) is 26.7 Å². The van der Waals surface area contributed by atoms with Gasteiger partial charge in [-0.05, 0) is 44.9 Å². The number of hydrogen-bond acceptors (Lipinski definition) is 2. The van der Waals surface area contributed by atoms with Gasteiger partial charge in [-0.2, -0.15) is 0 Å². The van der Waals surface area contributed by atoms with E-state index in [1.54, 1.807) is 41.4 Å². The summed E-state index contributed by atoms with van der Waals surface area (Å²) in [6.07, 6.45) is 15.6. The van der Waals surface area contributed by atoms with E-state index in [1.165, 1.54) is 0 Å². The Morgan fingerprint density at radius 1 is 1.16 bits per heavy atom. The van der Waals surface area contributed by atoms with Gasteiger partial charge in [-0.25, -0.2) is 0 Å². The lowest BCUT2D eigenvalue weighted by molar-refractivity contribution is -0.132. The number of likely N-dealkylation sites (tertiary alicyclic amines) is 1. The van der Waals surface area contributed by atoms with Gasteiger partial charge in [0.25, 0.3) is 5.91 Å². The van der Waals surface area contributed by atoms with Crippen molar-refractivity contribution < 1.29 is 9.59 Å². The molecule has 134 valence electrons. The summed E-state index contributed by atoms with van der Waals surface area (Å²) in [5, 5.41) is 2.91. The first kappa shape index (κ1) is 20.4. The monoisotopic (exact) mass is 340 g/mol. The van der Waals surface area contributed by atoms with Gasteiger partial charge in [-0.1, -0.05) is 43.5 Å². The lowest BCUT2D eigenvalue weighted by Crippen LogP contribution is -2.45. The van der Waals surface area contributed by atoms with Crippen LogP contribution in [0.15, 0.2) is 73.0 Å². The third kappa shape index (κ3) is 6.42. The zero-order valence-electron chi connectivity index (χ0n) is 15.2. The van der Waals surface area contributed by atoms with E-state index in [9.17, 15) is 9.59 Å². The Morgan fingerprint density at radius 3 is 2.52 bits per heavy atom. The van der Waals surface area contributed by atoms with Gasteiger partial charge in [-0.15, -0.1) is 0 Å². The van der Waals surface area contributed by atoms with E-state index in [-0.39, 0.29) is 17.7 Å². The molecule has 2 amide bonds. The average Bonchev–Trinajstić information content (AvgIpc) is 2.62. The second-order valence-electron chi connectivity index (χ2n) is 5.78. The van der Waals surface area contributed by atoms with Gasteiger partial charge in [0.2, 0.25) is 5.91 Å². The number of nitrogens with one attached hydrogen (secondary N) is 1. The van der Waals surface area contributed by atoms with Crippen molar-refractivity contribution in [1.82, 2.24) is 10.2 Å². The van der Waals surface area contributed by atoms with Crippen LogP contribution >= 0.6 is 0 Å². The third-order valence-electron chi connectivity index (χ3n) is 3.96. The van der Waals surface area contributed by atoms with Crippen LogP contribution in [0.4, 0.5) is 0 Å². The molecule has 1 aliphatic heterocycles. The molecule has 0 aliphatic carbocycles. The van der Waals surface area contributed by atoms with Crippen LogP contribution in [0.3, 0.4) is 0 Å². The molecular weight excluding hydrogens is 312 g/mol. The molecule has 1 saturated heterocycles. The Balaban J connectivity index is 2.79. The topological polar surface area (TPSA) is 49.4 Å². The summed E-state index contributed by atoms with van der Waals surface area (Å²) >= 11 is 0. The summed E-state index contributed by atoms with van der Waals surface area (Å²) in [4.78, 5) is 26.9. The summed E-state index contributed by atoms with van der Waals surface area (Å²) in [7, 11) is 0. The van der Waals surface area contributed by atoms with Crippen molar-refractivity contribution in [2.75, 3.05) is 13.1 Å². The minimum atomic E-state index is -0.210. The molecule has 0 bridgehead atoms. The number of carbonyl (C=O) groups excluding carboxylic acids is 2. The maximum atomic E-state index is 12.6. The molecule has 1 fully saturated rings. The van der Waals surface area contributed by atoms with Crippen LogP contribution in [0.25, 0.3) is 0 Å². The molecule has 4 nitrogen and oxygen atoms in total. The summed E-state index contributed by atoms with van der Waals surface area (Å²) < 4.78 is 0. The highest BCUT2D eigenvalue weighted by Gasteiger charge is 2.29. The molecule has 1 aliphatic rings. The number of hydrogen-bond donors (Lipinski definition) is 1. The number of nitrogens with zero attached hydrogens (tertiary/aromatic N) is 1. The molecule has 0 spiro atoms. The molecule has 1 rings (SSSR count). The van der Waals surface area contributed by atoms with E-state index in [0.29, 0.717) is 24.4 Å². The SMILES string of the molecule is C=C/C=C\C(=C/C)C(=O)N1CCCC(C(=O)NC(/C=C\C)=C/C=C)C1. The normalized spacial score (nSPS) is 19.3. The average molecular weight is 340 g/mol. The van der Waals surface area contributed by atoms with E-state index in [1.807, 2.05) is 26.0 Å². The van der Waals surface area contributed by atoms with Crippen molar-refractivity contribution in [3.63, 3.8) is 0 Å². The molecule has 25 heavy (non-hydrogen) atoms. The number of piperidine rings is 1. The minimum absolute atomic E-state index is 0.0478. The van der Waals surface area contributed by atoms with Crippen LogP contribution in [0.5, 0.6) is 0 Å². The summed E-state index contributed by atoms with van der Waals surface area (Å²) in [5.41, 5.74) is 1.32. The molecule has 0 aromatic rings. The highest BCUT2D eigenvalue weighted by Crippen LogP contribution is 2.19. The van der Waals surface area contributed by atoms with Crippen molar-refractivity contribution >= 4 is 11.8 Å². The number of allylic oxidation sites excluding steroid dienone is 7. The number of carbonyl (C=O) groups is 2. The zero-order valence-corrected chi connectivity index (χ0v) is 15.2. The quantitative estimate of drug-likeness (QED) is 0.568. The van der Waals surface area contributed by atoms with Crippen molar-refractivity contribution in [3.8, 4) is 0 Å². The van der Waals surface area contributed by atoms with E-state index in [2.05, 4.69) is 18.5 Å². The van der Waals surface area contributed by atoms with Crippen molar-refractivity contribution in [3.05, 3.63) is 73.0 Å². The maximum Gasteiger partial charge on any atom is 0.253 e. The first-order chi connectivity index (χ1) is 12.1. The van der Waals surface area contributed by atoms with Crippen LogP contribution in [-0.4, -0.2) is 29.8 Å². The second-order valence-corrected chi connectivity index (χ2v) is 5.78. The fourth-order valence-corrected chi connectivity index (χ4v) is 2.71. The maximum absolute atomic E-state index is 12.6. The number of amides is 2. The molecule has 0 radical (unpaired) electrons. The fourth-order valence-electron chi connectivity index (χ4n) is 2.71. The van der Waals surface area contributed by atoms with Gasteiger partial charge >= 0.3 is 0 Å². The largest absolute Gasteiger partial charge is 0.338 e. The highest BCUT2D eigenvalue weighted by molar-refractivity contribution is 5.96. The Hall–Kier alpha value is -2.62. The molecule has 1 N–H and O–H groups in total. The smallest absolute Gasteiger partial charge is 0.253 e. The summed E-state index contributed by atoms with van der Waals surface area (Å²) in [6, 6.07) is 0. The molecule has 0 saturated carbocycles. The second kappa shape index (κ2) is 11.0. The van der Waals surface area contributed by atoms with E-state index in [4.69, 9.17) is 0 Å². The predicted molar refractivity (Wildman–Crippen MR) is 104 cm³/mol. The Labute approximate surface area is 151 Å². The predicted octanol–water partition coefficient (Wildman–Crippen LogP) is 3.68. The van der Waals surface area contributed by atoms with Crippen LogP contribution in [0.1, 0.15) is 26.7 Å². The highest BCUT2D eigenvalue weighted by atomic mass is 16.2.